The third-order valence-electron chi connectivity index (χ3n) is 5.20. The molecule has 8 heteroatoms. The molecule has 1 aliphatic heterocycles. The molecule has 0 atom stereocenters. The van der Waals surface area contributed by atoms with E-state index in [4.69, 9.17) is 0 Å². The molecule has 0 saturated carbocycles. The molecule has 0 unspecified atom stereocenters. The van der Waals surface area contributed by atoms with Gasteiger partial charge in [0.05, 0.1) is 17.1 Å². The van der Waals surface area contributed by atoms with Gasteiger partial charge in [0.15, 0.2) is 5.13 Å². The average molecular weight is 442 g/mol. The molecule has 1 aliphatic rings. The Hall–Kier alpha value is -2.55. The Balaban J connectivity index is 1.52. The van der Waals surface area contributed by atoms with Crippen molar-refractivity contribution in [2.45, 2.75) is 38.6 Å². The van der Waals surface area contributed by atoms with Gasteiger partial charge in [0, 0.05) is 23.4 Å². The Morgan fingerprint density at radius 1 is 1.07 bits per heavy atom. The minimum atomic E-state index is -3.56. The summed E-state index contributed by atoms with van der Waals surface area (Å²) in [6.45, 7) is 6.46. The molecule has 1 N–H and O–H groups in total. The van der Waals surface area contributed by atoms with Crippen LogP contribution in [0.1, 0.15) is 37.6 Å². The summed E-state index contributed by atoms with van der Waals surface area (Å²) >= 11 is 1.34. The number of anilines is 1. The van der Waals surface area contributed by atoms with E-state index in [1.807, 2.05) is 39.0 Å². The van der Waals surface area contributed by atoms with E-state index in [0.29, 0.717) is 28.6 Å². The van der Waals surface area contributed by atoms with Crippen LogP contribution in [0.25, 0.3) is 0 Å². The van der Waals surface area contributed by atoms with Gasteiger partial charge in [0.25, 0.3) is 5.91 Å². The maximum Gasteiger partial charge on any atom is 0.257 e. The standard InChI is InChI=1S/C22H23N3O3S2/c1-14-4-7-17(8-5-14)30(27,28)25-11-10-19-20(13-25)29-22(23-19)24-21(26)18-9-6-15(2)12-16(18)3/h4-9,12H,10-11,13H2,1-3H3,(H,23,24,26). The van der Waals surface area contributed by atoms with E-state index in [9.17, 15) is 13.2 Å². The number of hydrogen-bond acceptors (Lipinski definition) is 5. The maximum absolute atomic E-state index is 13.0. The number of aromatic nitrogens is 1. The fourth-order valence-corrected chi connectivity index (χ4v) is 6.03. The normalized spacial score (nSPS) is 14.4. The highest BCUT2D eigenvalue weighted by atomic mass is 32.2. The number of carbonyl (C=O) groups excluding carboxylic acids is 1. The highest BCUT2D eigenvalue weighted by molar-refractivity contribution is 7.89. The number of benzene rings is 2. The lowest BCUT2D eigenvalue weighted by atomic mass is 10.1. The van der Waals surface area contributed by atoms with Crippen molar-refractivity contribution in [1.29, 1.82) is 0 Å². The van der Waals surface area contributed by atoms with Crippen molar-refractivity contribution in [2.24, 2.45) is 0 Å². The van der Waals surface area contributed by atoms with E-state index in [-0.39, 0.29) is 12.5 Å². The summed E-state index contributed by atoms with van der Waals surface area (Å²) in [4.78, 5) is 18.3. The number of fused-ring (bicyclic) bond motifs is 1. The van der Waals surface area contributed by atoms with E-state index < -0.39 is 10.0 Å². The summed E-state index contributed by atoms with van der Waals surface area (Å²) in [7, 11) is -3.56. The van der Waals surface area contributed by atoms with E-state index in [1.165, 1.54) is 15.6 Å². The lowest BCUT2D eigenvalue weighted by molar-refractivity contribution is 0.102. The van der Waals surface area contributed by atoms with E-state index in [2.05, 4.69) is 10.3 Å². The third kappa shape index (κ3) is 4.03. The number of rotatable bonds is 4. The van der Waals surface area contributed by atoms with Gasteiger partial charge in [-0.2, -0.15) is 4.31 Å². The minimum Gasteiger partial charge on any atom is -0.298 e. The number of aryl methyl sites for hydroxylation is 3. The molecular formula is C22H23N3O3S2. The van der Waals surface area contributed by atoms with Gasteiger partial charge < -0.3 is 0 Å². The molecule has 2 heterocycles. The van der Waals surface area contributed by atoms with Gasteiger partial charge >= 0.3 is 0 Å². The van der Waals surface area contributed by atoms with Crippen LogP contribution in [0.5, 0.6) is 0 Å². The molecule has 2 aromatic carbocycles. The predicted octanol–water partition coefficient (Wildman–Crippen LogP) is 4.07. The van der Waals surface area contributed by atoms with Gasteiger partial charge in [-0.05, 0) is 44.5 Å². The van der Waals surface area contributed by atoms with E-state index >= 15 is 0 Å². The third-order valence-corrected chi connectivity index (χ3v) is 8.06. The van der Waals surface area contributed by atoms with Crippen LogP contribution in [0.3, 0.4) is 0 Å². The van der Waals surface area contributed by atoms with Gasteiger partial charge in [0.2, 0.25) is 10.0 Å². The van der Waals surface area contributed by atoms with Crippen molar-refractivity contribution in [2.75, 3.05) is 11.9 Å². The zero-order valence-electron chi connectivity index (χ0n) is 17.1. The van der Waals surface area contributed by atoms with Crippen molar-refractivity contribution >= 4 is 32.4 Å². The average Bonchev–Trinajstić information content (AvgIpc) is 3.09. The van der Waals surface area contributed by atoms with Crippen LogP contribution in [0.15, 0.2) is 47.4 Å². The highest BCUT2D eigenvalue weighted by Gasteiger charge is 2.30. The van der Waals surface area contributed by atoms with Crippen LogP contribution in [-0.2, 0) is 23.0 Å². The van der Waals surface area contributed by atoms with Crippen molar-refractivity contribution in [3.63, 3.8) is 0 Å². The van der Waals surface area contributed by atoms with Crippen molar-refractivity contribution in [1.82, 2.24) is 9.29 Å². The Labute approximate surface area is 180 Å². The molecule has 1 amide bonds. The Morgan fingerprint density at radius 3 is 2.47 bits per heavy atom. The van der Waals surface area contributed by atoms with Gasteiger partial charge in [-0.25, -0.2) is 13.4 Å². The smallest absolute Gasteiger partial charge is 0.257 e. The van der Waals surface area contributed by atoms with Crippen LogP contribution >= 0.6 is 11.3 Å². The Bertz CT molecular complexity index is 1210. The number of nitrogens with zero attached hydrogens (tertiary/aromatic N) is 2. The second kappa shape index (κ2) is 7.94. The van der Waals surface area contributed by atoms with Gasteiger partial charge in [-0.1, -0.05) is 35.4 Å². The van der Waals surface area contributed by atoms with Gasteiger partial charge in [-0.15, -0.1) is 11.3 Å². The Morgan fingerprint density at radius 2 is 1.77 bits per heavy atom. The summed E-state index contributed by atoms with van der Waals surface area (Å²) in [6.07, 6.45) is 0.524. The predicted molar refractivity (Wildman–Crippen MR) is 118 cm³/mol. The maximum atomic E-state index is 13.0. The van der Waals surface area contributed by atoms with Crippen LogP contribution in [-0.4, -0.2) is 30.2 Å². The van der Waals surface area contributed by atoms with Crippen LogP contribution in [0.4, 0.5) is 5.13 Å². The summed E-state index contributed by atoms with van der Waals surface area (Å²) in [5, 5.41) is 3.37. The van der Waals surface area contributed by atoms with E-state index in [1.54, 1.807) is 24.3 Å². The summed E-state index contributed by atoms with van der Waals surface area (Å²) in [5.74, 6) is -0.206. The number of hydrogen-bond donors (Lipinski definition) is 1. The number of sulfonamides is 1. The topological polar surface area (TPSA) is 79.4 Å². The van der Waals surface area contributed by atoms with Crippen molar-refractivity contribution < 1.29 is 13.2 Å². The quantitative estimate of drug-likeness (QED) is 0.662. The van der Waals surface area contributed by atoms with Crippen molar-refractivity contribution in [3.05, 3.63) is 75.3 Å². The van der Waals surface area contributed by atoms with Gasteiger partial charge in [-0.3, -0.25) is 10.1 Å². The molecule has 0 fully saturated rings. The summed E-state index contributed by atoms with van der Waals surface area (Å²) in [6, 6.07) is 12.6. The van der Waals surface area contributed by atoms with Crippen molar-refractivity contribution in [3.8, 4) is 0 Å². The van der Waals surface area contributed by atoms with Gasteiger partial charge in [0.1, 0.15) is 0 Å². The zero-order valence-corrected chi connectivity index (χ0v) is 18.7. The lowest BCUT2D eigenvalue weighted by Gasteiger charge is -2.25. The molecular weight excluding hydrogens is 418 g/mol. The number of nitrogens with one attached hydrogen (secondary N) is 1. The first kappa shape index (κ1) is 20.7. The second-order valence-corrected chi connectivity index (χ2v) is 10.6. The zero-order chi connectivity index (χ0) is 21.5. The molecule has 0 aliphatic carbocycles. The lowest BCUT2D eigenvalue weighted by Crippen LogP contribution is -2.35. The molecule has 3 aromatic rings. The first-order valence-corrected chi connectivity index (χ1v) is 11.9. The number of thiazole rings is 1. The molecule has 6 nitrogen and oxygen atoms in total. The Kier molecular flexibility index (Phi) is 5.48. The monoisotopic (exact) mass is 441 g/mol. The van der Waals surface area contributed by atoms with Crippen LogP contribution in [0, 0.1) is 20.8 Å². The summed E-state index contributed by atoms with van der Waals surface area (Å²) < 4.78 is 27.4. The number of amides is 1. The molecule has 4 rings (SSSR count). The molecule has 30 heavy (non-hydrogen) atoms. The van der Waals surface area contributed by atoms with E-state index in [0.717, 1.165) is 27.3 Å². The fraction of sp³-hybridized carbons (Fsp3) is 0.273. The molecule has 0 saturated heterocycles. The first-order chi connectivity index (χ1) is 14.2. The largest absolute Gasteiger partial charge is 0.298 e. The molecule has 0 radical (unpaired) electrons. The second-order valence-electron chi connectivity index (χ2n) is 7.56. The highest BCUT2D eigenvalue weighted by Crippen LogP contribution is 2.31. The first-order valence-electron chi connectivity index (χ1n) is 9.68. The number of carbonyl (C=O) groups is 1. The molecule has 0 bridgehead atoms. The van der Waals surface area contributed by atoms with Crippen LogP contribution < -0.4 is 5.32 Å². The molecule has 0 spiro atoms. The minimum absolute atomic E-state index is 0.206. The molecule has 1 aromatic heterocycles. The molecule has 156 valence electrons. The fourth-order valence-electron chi connectivity index (χ4n) is 3.52. The van der Waals surface area contributed by atoms with Crippen LogP contribution in [0.2, 0.25) is 0 Å². The summed E-state index contributed by atoms with van der Waals surface area (Å²) in [5.41, 5.74) is 4.48. The SMILES string of the molecule is Cc1ccc(S(=O)(=O)N2CCc3nc(NC(=O)c4ccc(C)cc4C)sc3C2)cc1.